The number of nitrogens with zero attached hydrogens (tertiary/aromatic N) is 3. The fourth-order valence-electron chi connectivity index (χ4n) is 3.45. The number of piperazine rings is 1. The number of nitro groups is 1. The van der Waals surface area contributed by atoms with Crippen molar-refractivity contribution in [3.63, 3.8) is 0 Å². The molecule has 8 nitrogen and oxygen atoms in total. The molecular formula is C15H22N4O4S. The molecule has 2 aliphatic rings. The van der Waals surface area contributed by atoms with Crippen LogP contribution < -0.4 is 5.32 Å². The number of hydrogen-bond donors (Lipinski definition) is 1. The summed E-state index contributed by atoms with van der Waals surface area (Å²) >= 11 is 0. The first kappa shape index (κ1) is 17.3. The van der Waals surface area contributed by atoms with Gasteiger partial charge in [0.2, 0.25) is 10.0 Å². The van der Waals surface area contributed by atoms with Crippen LogP contribution in [0.4, 0.5) is 5.69 Å². The third-order valence-corrected chi connectivity index (χ3v) is 6.81. The van der Waals surface area contributed by atoms with Crippen LogP contribution in [0.1, 0.15) is 12.0 Å². The molecule has 1 aromatic rings. The molecule has 24 heavy (non-hydrogen) atoms. The zero-order valence-corrected chi connectivity index (χ0v) is 14.5. The van der Waals surface area contributed by atoms with Crippen LogP contribution >= 0.6 is 0 Å². The second-order valence-corrected chi connectivity index (χ2v) is 8.20. The number of nitro benzene ring substituents is 1. The third-order valence-electron chi connectivity index (χ3n) is 4.78. The Balaban J connectivity index is 1.77. The Morgan fingerprint density at radius 2 is 1.96 bits per heavy atom. The number of benzene rings is 1. The molecule has 2 heterocycles. The smallest absolute Gasteiger partial charge is 0.269 e. The first-order valence-corrected chi connectivity index (χ1v) is 9.53. The molecule has 1 atom stereocenters. The molecule has 2 saturated heterocycles. The van der Waals surface area contributed by atoms with Crippen molar-refractivity contribution in [3.8, 4) is 0 Å². The van der Waals surface area contributed by atoms with Gasteiger partial charge in [-0.15, -0.1) is 0 Å². The average molecular weight is 354 g/mol. The zero-order valence-electron chi connectivity index (χ0n) is 13.6. The molecule has 132 valence electrons. The van der Waals surface area contributed by atoms with E-state index in [1.807, 2.05) is 0 Å². The molecule has 2 fully saturated rings. The Kier molecular flexibility index (Phi) is 4.86. The van der Waals surface area contributed by atoms with E-state index >= 15 is 0 Å². The van der Waals surface area contributed by atoms with Gasteiger partial charge in [-0.05, 0) is 25.0 Å². The van der Waals surface area contributed by atoms with Crippen LogP contribution in [0.3, 0.4) is 0 Å². The summed E-state index contributed by atoms with van der Waals surface area (Å²) in [6.07, 6.45) is 0.825. The largest absolute Gasteiger partial charge is 0.314 e. The lowest BCUT2D eigenvalue weighted by Gasteiger charge is -2.32. The van der Waals surface area contributed by atoms with Gasteiger partial charge in [0.25, 0.3) is 5.69 Å². The second-order valence-electron chi connectivity index (χ2n) is 6.30. The van der Waals surface area contributed by atoms with E-state index in [4.69, 9.17) is 0 Å². The molecule has 0 bridgehead atoms. The minimum absolute atomic E-state index is 0.0911. The molecule has 3 rings (SSSR count). The van der Waals surface area contributed by atoms with Crippen LogP contribution in [0.5, 0.6) is 0 Å². The van der Waals surface area contributed by atoms with Crippen LogP contribution in [-0.4, -0.2) is 67.9 Å². The molecule has 0 amide bonds. The first-order chi connectivity index (χ1) is 11.4. The number of aryl methyl sites for hydroxylation is 1. The Bertz CT molecular complexity index is 731. The lowest BCUT2D eigenvalue weighted by molar-refractivity contribution is -0.385. The highest BCUT2D eigenvalue weighted by Gasteiger charge is 2.36. The SMILES string of the molecule is Cc1cc([N+](=O)[O-])ccc1S(=O)(=O)N1CCC(N2CCNCC2)C1. The van der Waals surface area contributed by atoms with Gasteiger partial charge in [0.1, 0.15) is 0 Å². The minimum atomic E-state index is -3.61. The highest BCUT2D eigenvalue weighted by atomic mass is 32.2. The van der Waals surface area contributed by atoms with Gasteiger partial charge in [-0.1, -0.05) is 0 Å². The molecule has 0 spiro atoms. The van der Waals surface area contributed by atoms with Crippen molar-refractivity contribution in [1.29, 1.82) is 0 Å². The van der Waals surface area contributed by atoms with Gasteiger partial charge in [0, 0.05) is 57.4 Å². The van der Waals surface area contributed by atoms with Gasteiger partial charge in [-0.3, -0.25) is 15.0 Å². The van der Waals surface area contributed by atoms with Gasteiger partial charge in [0.05, 0.1) is 9.82 Å². The molecular weight excluding hydrogens is 332 g/mol. The van der Waals surface area contributed by atoms with E-state index in [2.05, 4.69) is 10.2 Å². The van der Waals surface area contributed by atoms with Crippen LogP contribution in [0, 0.1) is 17.0 Å². The standard InChI is InChI=1S/C15H22N4O4S/c1-12-10-13(19(20)21)2-3-15(12)24(22,23)18-7-4-14(11-18)17-8-5-16-6-9-17/h2-3,10,14,16H,4-9,11H2,1H3. The summed E-state index contributed by atoms with van der Waals surface area (Å²) in [6.45, 7) is 6.33. The maximum Gasteiger partial charge on any atom is 0.269 e. The number of nitrogens with one attached hydrogen (secondary N) is 1. The van der Waals surface area contributed by atoms with E-state index in [1.165, 1.54) is 22.5 Å². The predicted octanol–water partition coefficient (Wildman–Crippen LogP) is 0.571. The normalized spacial score (nSPS) is 23.5. The summed E-state index contributed by atoms with van der Waals surface area (Å²) in [5, 5.41) is 14.1. The predicted molar refractivity (Wildman–Crippen MR) is 89.4 cm³/mol. The molecule has 9 heteroatoms. The Morgan fingerprint density at radius 1 is 1.25 bits per heavy atom. The fourth-order valence-corrected chi connectivity index (χ4v) is 5.15. The van der Waals surface area contributed by atoms with Crippen LogP contribution in [0.15, 0.2) is 23.1 Å². The second kappa shape index (κ2) is 6.75. The van der Waals surface area contributed by atoms with Crippen molar-refractivity contribution in [2.75, 3.05) is 39.3 Å². The zero-order chi connectivity index (χ0) is 17.3. The van der Waals surface area contributed by atoms with Gasteiger partial charge < -0.3 is 5.32 Å². The van der Waals surface area contributed by atoms with Gasteiger partial charge in [-0.2, -0.15) is 4.31 Å². The molecule has 1 aromatic carbocycles. The molecule has 0 saturated carbocycles. The summed E-state index contributed by atoms with van der Waals surface area (Å²) in [4.78, 5) is 12.8. The minimum Gasteiger partial charge on any atom is -0.314 e. The molecule has 2 aliphatic heterocycles. The van der Waals surface area contributed by atoms with Crippen molar-refractivity contribution < 1.29 is 13.3 Å². The number of sulfonamides is 1. The van der Waals surface area contributed by atoms with Crippen LogP contribution in [0.25, 0.3) is 0 Å². The Hall–Kier alpha value is -1.55. The van der Waals surface area contributed by atoms with E-state index in [-0.39, 0.29) is 16.6 Å². The number of rotatable bonds is 4. The molecule has 0 radical (unpaired) electrons. The molecule has 0 aliphatic carbocycles. The van der Waals surface area contributed by atoms with E-state index in [9.17, 15) is 18.5 Å². The van der Waals surface area contributed by atoms with Crippen molar-refractivity contribution in [1.82, 2.24) is 14.5 Å². The molecule has 0 aromatic heterocycles. The first-order valence-electron chi connectivity index (χ1n) is 8.09. The summed E-state index contributed by atoms with van der Waals surface area (Å²) in [7, 11) is -3.61. The summed E-state index contributed by atoms with van der Waals surface area (Å²) in [6, 6.07) is 4.17. The van der Waals surface area contributed by atoms with Gasteiger partial charge in [-0.25, -0.2) is 8.42 Å². The maximum absolute atomic E-state index is 12.9. The Morgan fingerprint density at radius 3 is 2.58 bits per heavy atom. The lowest BCUT2D eigenvalue weighted by Crippen LogP contribution is -2.49. The molecule has 1 unspecified atom stereocenters. The Labute approximate surface area is 141 Å². The van der Waals surface area contributed by atoms with E-state index < -0.39 is 14.9 Å². The van der Waals surface area contributed by atoms with Crippen molar-refractivity contribution >= 4 is 15.7 Å². The average Bonchev–Trinajstić information content (AvgIpc) is 3.06. The third kappa shape index (κ3) is 3.30. The fraction of sp³-hybridized carbons (Fsp3) is 0.600. The number of hydrogen-bond acceptors (Lipinski definition) is 6. The summed E-state index contributed by atoms with van der Waals surface area (Å²) in [5.74, 6) is 0. The van der Waals surface area contributed by atoms with E-state index in [0.29, 0.717) is 18.7 Å². The van der Waals surface area contributed by atoms with Gasteiger partial charge >= 0.3 is 0 Å². The van der Waals surface area contributed by atoms with E-state index in [1.54, 1.807) is 6.92 Å². The quantitative estimate of drug-likeness (QED) is 0.627. The van der Waals surface area contributed by atoms with Gasteiger partial charge in [0.15, 0.2) is 0 Å². The number of non-ortho nitro benzene ring substituents is 1. The monoisotopic (exact) mass is 354 g/mol. The molecule has 1 N–H and O–H groups in total. The van der Waals surface area contributed by atoms with Crippen molar-refractivity contribution in [2.45, 2.75) is 24.3 Å². The topological polar surface area (TPSA) is 95.8 Å². The van der Waals surface area contributed by atoms with Crippen LogP contribution in [0.2, 0.25) is 0 Å². The summed E-state index contributed by atoms with van der Waals surface area (Å²) in [5.41, 5.74) is 0.321. The van der Waals surface area contributed by atoms with Crippen molar-refractivity contribution in [3.05, 3.63) is 33.9 Å². The maximum atomic E-state index is 12.9. The highest BCUT2D eigenvalue weighted by Crippen LogP contribution is 2.27. The van der Waals surface area contributed by atoms with E-state index in [0.717, 1.165) is 32.6 Å². The van der Waals surface area contributed by atoms with Crippen molar-refractivity contribution in [2.24, 2.45) is 0 Å². The lowest BCUT2D eigenvalue weighted by atomic mass is 10.2. The van der Waals surface area contributed by atoms with Crippen LogP contribution in [-0.2, 0) is 10.0 Å². The highest BCUT2D eigenvalue weighted by molar-refractivity contribution is 7.89. The summed E-state index contributed by atoms with van der Waals surface area (Å²) < 4.78 is 27.3.